The molecule has 0 aromatic heterocycles. The summed E-state index contributed by atoms with van der Waals surface area (Å²) >= 11 is 0. The molecule has 2 aromatic rings. The molecule has 31 heavy (non-hydrogen) atoms. The van der Waals surface area contributed by atoms with Gasteiger partial charge in [-0.1, -0.05) is 36.4 Å². The fraction of sp³-hybridized carbons (Fsp3) is 0.417. The zero-order valence-corrected chi connectivity index (χ0v) is 18.2. The number of urea groups is 1. The van der Waals surface area contributed by atoms with Crippen molar-refractivity contribution in [2.24, 2.45) is 0 Å². The lowest BCUT2D eigenvalue weighted by atomic mass is 10.1. The van der Waals surface area contributed by atoms with Gasteiger partial charge in [0.25, 0.3) is 0 Å². The molecule has 0 aliphatic carbocycles. The predicted octanol–water partition coefficient (Wildman–Crippen LogP) is 2.85. The molecule has 2 saturated heterocycles. The average molecular weight is 423 g/mol. The molecule has 7 heteroatoms. The molecule has 0 unspecified atom stereocenters. The number of hydrogen-bond acceptors (Lipinski definition) is 5. The van der Waals surface area contributed by atoms with Gasteiger partial charge >= 0.3 is 6.03 Å². The lowest BCUT2D eigenvalue weighted by molar-refractivity contribution is -0.125. The van der Waals surface area contributed by atoms with E-state index in [0.717, 1.165) is 49.7 Å². The van der Waals surface area contributed by atoms with Crippen LogP contribution in [-0.4, -0.2) is 60.6 Å². The molecule has 1 N–H and O–H groups in total. The van der Waals surface area contributed by atoms with Crippen molar-refractivity contribution in [2.45, 2.75) is 33.0 Å². The standard InChI is InChI=1S/C24H30N4O3/c1-18(2)31-22-9-4-3-8-21(22)27-12-10-26(11-13-27)16-19-6-5-7-20(14-19)17-28-23(29)15-25-24(28)30/h3-9,14,18H,10-13,15-17H2,1-2H3,(H,25,30). The predicted molar refractivity (Wildman–Crippen MR) is 120 cm³/mol. The van der Waals surface area contributed by atoms with Gasteiger partial charge in [-0.15, -0.1) is 0 Å². The van der Waals surface area contributed by atoms with Gasteiger partial charge in [-0.3, -0.25) is 14.6 Å². The Morgan fingerprint density at radius 1 is 0.935 bits per heavy atom. The Labute approximate surface area is 183 Å². The molecule has 164 valence electrons. The Kier molecular flexibility index (Phi) is 6.42. The minimum atomic E-state index is -0.312. The summed E-state index contributed by atoms with van der Waals surface area (Å²) in [6.07, 6.45) is 0.150. The Hall–Kier alpha value is -3.06. The van der Waals surface area contributed by atoms with Crippen molar-refractivity contribution in [1.82, 2.24) is 15.1 Å². The van der Waals surface area contributed by atoms with E-state index in [4.69, 9.17) is 4.74 Å². The van der Waals surface area contributed by atoms with Crippen molar-refractivity contribution in [2.75, 3.05) is 37.6 Å². The Morgan fingerprint density at radius 3 is 2.32 bits per heavy atom. The number of anilines is 1. The number of para-hydroxylation sites is 2. The number of nitrogens with zero attached hydrogens (tertiary/aromatic N) is 3. The first-order chi connectivity index (χ1) is 15.0. The first-order valence-electron chi connectivity index (χ1n) is 10.9. The smallest absolute Gasteiger partial charge is 0.324 e. The van der Waals surface area contributed by atoms with E-state index in [1.54, 1.807) is 0 Å². The van der Waals surface area contributed by atoms with E-state index >= 15 is 0 Å². The lowest BCUT2D eigenvalue weighted by Gasteiger charge is -2.37. The molecule has 2 aliphatic heterocycles. The summed E-state index contributed by atoms with van der Waals surface area (Å²) in [5.41, 5.74) is 3.33. The van der Waals surface area contributed by atoms with E-state index in [9.17, 15) is 9.59 Å². The second-order valence-electron chi connectivity index (χ2n) is 8.36. The van der Waals surface area contributed by atoms with Crippen LogP contribution in [0.4, 0.5) is 10.5 Å². The number of carbonyl (C=O) groups is 2. The van der Waals surface area contributed by atoms with Crippen LogP contribution in [0.5, 0.6) is 5.75 Å². The van der Waals surface area contributed by atoms with Crippen molar-refractivity contribution in [3.63, 3.8) is 0 Å². The quantitative estimate of drug-likeness (QED) is 0.695. The molecular weight excluding hydrogens is 392 g/mol. The number of benzene rings is 2. The molecule has 2 heterocycles. The number of carbonyl (C=O) groups excluding carboxylic acids is 2. The Balaban J connectivity index is 1.34. The van der Waals surface area contributed by atoms with Gasteiger partial charge in [-0.2, -0.15) is 0 Å². The first-order valence-corrected chi connectivity index (χ1v) is 10.9. The third kappa shape index (κ3) is 5.17. The van der Waals surface area contributed by atoms with E-state index in [2.05, 4.69) is 53.2 Å². The minimum Gasteiger partial charge on any atom is -0.489 e. The van der Waals surface area contributed by atoms with Crippen molar-refractivity contribution in [1.29, 1.82) is 0 Å². The second kappa shape index (κ2) is 9.39. The highest BCUT2D eigenvalue weighted by Gasteiger charge is 2.28. The third-order valence-electron chi connectivity index (χ3n) is 5.62. The van der Waals surface area contributed by atoms with Gasteiger partial charge in [-0.25, -0.2) is 4.79 Å². The van der Waals surface area contributed by atoms with Crippen LogP contribution in [-0.2, 0) is 17.9 Å². The van der Waals surface area contributed by atoms with Crippen LogP contribution in [0.1, 0.15) is 25.0 Å². The van der Waals surface area contributed by atoms with Gasteiger partial charge in [0.2, 0.25) is 5.91 Å². The van der Waals surface area contributed by atoms with Gasteiger partial charge in [0.1, 0.15) is 5.75 Å². The molecule has 7 nitrogen and oxygen atoms in total. The summed E-state index contributed by atoms with van der Waals surface area (Å²) in [4.78, 5) is 29.7. The molecule has 0 bridgehead atoms. The van der Waals surface area contributed by atoms with E-state index in [-0.39, 0.29) is 24.6 Å². The van der Waals surface area contributed by atoms with E-state index in [1.165, 1.54) is 10.5 Å². The van der Waals surface area contributed by atoms with Gasteiger partial charge in [0.15, 0.2) is 0 Å². The number of rotatable bonds is 7. The maximum atomic E-state index is 11.8. The molecule has 0 spiro atoms. The normalized spacial score (nSPS) is 17.4. The number of ether oxygens (including phenoxy) is 1. The second-order valence-corrected chi connectivity index (χ2v) is 8.36. The average Bonchev–Trinajstić information content (AvgIpc) is 3.07. The van der Waals surface area contributed by atoms with Crippen LogP contribution in [0.3, 0.4) is 0 Å². The minimum absolute atomic E-state index is 0.0914. The Bertz CT molecular complexity index is 922. The number of amides is 3. The summed E-state index contributed by atoms with van der Waals surface area (Å²) in [7, 11) is 0. The van der Waals surface area contributed by atoms with Crippen LogP contribution in [0.25, 0.3) is 0 Å². The molecule has 4 rings (SSSR count). The number of imide groups is 1. The SMILES string of the molecule is CC(C)Oc1ccccc1N1CCN(Cc2cccc(CN3C(=O)CNC3=O)c2)CC1. The molecule has 2 fully saturated rings. The highest BCUT2D eigenvalue weighted by atomic mass is 16.5. The van der Waals surface area contributed by atoms with Crippen LogP contribution < -0.4 is 15.0 Å². The van der Waals surface area contributed by atoms with Gasteiger partial charge < -0.3 is 15.0 Å². The molecule has 2 aromatic carbocycles. The van der Waals surface area contributed by atoms with Crippen molar-refractivity contribution >= 4 is 17.6 Å². The largest absolute Gasteiger partial charge is 0.489 e. The molecule has 0 atom stereocenters. The fourth-order valence-corrected chi connectivity index (χ4v) is 4.10. The van der Waals surface area contributed by atoms with Gasteiger partial charge in [0.05, 0.1) is 24.9 Å². The summed E-state index contributed by atoms with van der Waals surface area (Å²) in [5, 5.41) is 2.57. The highest BCUT2D eigenvalue weighted by Crippen LogP contribution is 2.29. The van der Waals surface area contributed by atoms with Crippen LogP contribution in [0.2, 0.25) is 0 Å². The third-order valence-corrected chi connectivity index (χ3v) is 5.62. The topological polar surface area (TPSA) is 65.1 Å². The molecule has 3 amide bonds. The van der Waals surface area contributed by atoms with Gasteiger partial charge in [0, 0.05) is 32.7 Å². The van der Waals surface area contributed by atoms with Crippen LogP contribution >= 0.6 is 0 Å². The summed E-state index contributed by atoms with van der Waals surface area (Å²) in [6, 6.07) is 16.1. The fourth-order valence-electron chi connectivity index (χ4n) is 4.10. The highest BCUT2D eigenvalue weighted by molar-refractivity contribution is 6.01. The molecule has 2 aliphatic rings. The monoisotopic (exact) mass is 422 g/mol. The van der Waals surface area contributed by atoms with Crippen molar-refractivity contribution < 1.29 is 14.3 Å². The molecular formula is C24H30N4O3. The van der Waals surface area contributed by atoms with Crippen LogP contribution in [0, 0.1) is 0 Å². The Morgan fingerprint density at radius 2 is 1.65 bits per heavy atom. The molecule has 0 radical (unpaired) electrons. The van der Waals surface area contributed by atoms with E-state index < -0.39 is 0 Å². The van der Waals surface area contributed by atoms with Gasteiger partial charge in [-0.05, 0) is 37.1 Å². The number of piperazine rings is 1. The zero-order valence-electron chi connectivity index (χ0n) is 18.2. The molecule has 0 saturated carbocycles. The van der Waals surface area contributed by atoms with E-state index in [0.29, 0.717) is 6.54 Å². The maximum Gasteiger partial charge on any atom is 0.324 e. The summed E-state index contributed by atoms with van der Waals surface area (Å²) < 4.78 is 5.99. The summed E-state index contributed by atoms with van der Waals surface area (Å²) in [6.45, 7) is 9.19. The number of hydrogen-bond donors (Lipinski definition) is 1. The summed E-state index contributed by atoms with van der Waals surface area (Å²) in [5.74, 6) is 0.771. The zero-order chi connectivity index (χ0) is 21.8. The van der Waals surface area contributed by atoms with Crippen molar-refractivity contribution in [3.05, 3.63) is 59.7 Å². The van der Waals surface area contributed by atoms with E-state index in [1.807, 2.05) is 24.3 Å². The maximum absolute atomic E-state index is 11.8. The van der Waals surface area contributed by atoms with Crippen LogP contribution in [0.15, 0.2) is 48.5 Å². The number of nitrogens with one attached hydrogen (secondary N) is 1. The first kappa shape index (κ1) is 21.2. The van der Waals surface area contributed by atoms with Crippen molar-refractivity contribution in [3.8, 4) is 5.75 Å². The lowest BCUT2D eigenvalue weighted by Crippen LogP contribution is -2.46.